The smallest absolute Gasteiger partial charge is 0.261 e. The number of rotatable bonds is 3. The van der Waals surface area contributed by atoms with Crippen LogP contribution >= 0.6 is 0 Å². The molecule has 0 spiro atoms. The molecule has 86 valence electrons. The molecule has 0 fully saturated rings. The highest BCUT2D eigenvalue weighted by Crippen LogP contribution is 2.29. The van der Waals surface area contributed by atoms with Gasteiger partial charge in [0.1, 0.15) is 11.6 Å². The van der Waals surface area contributed by atoms with Gasteiger partial charge in [-0.2, -0.15) is 0 Å². The lowest BCUT2D eigenvalue weighted by molar-refractivity contribution is -0.127. The van der Waals surface area contributed by atoms with Crippen molar-refractivity contribution in [3.8, 4) is 5.75 Å². The highest BCUT2D eigenvalue weighted by molar-refractivity contribution is 5.82. The number of carbonyl (C=O) groups excluding carboxylic acids is 1. The lowest BCUT2D eigenvalue weighted by Gasteiger charge is -2.09. The Balaban J connectivity index is 2.02. The number of aliphatic hydroxyl groups is 1. The van der Waals surface area contributed by atoms with E-state index in [1.807, 2.05) is 0 Å². The van der Waals surface area contributed by atoms with Gasteiger partial charge in [0.2, 0.25) is 0 Å². The van der Waals surface area contributed by atoms with Gasteiger partial charge in [0.25, 0.3) is 5.91 Å². The molecule has 0 radical (unpaired) electrons. The van der Waals surface area contributed by atoms with E-state index in [1.54, 1.807) is 0 Å². The molecule has 0 aromatic heterocycles. The average Bonchev–Trinajstić information content (AvgIpc) is 2.68. The van der Waals surface area contributed by atoms with Crippen molar-refractivity contribution in [1.82, 2.24) is 5.32 Å². The summed E-state index contributed by atoms with van der Waals surface area (Å²) < 4.78 is 18.3. The van der Waals surface area contributed by atoms with E-state index in [1.165, 1.54) is 18.2 Å². The second kappa shape index (κ2) is 4.49. The van der Waals surface area contributed by atoms with Crippen LogP contribution in [0.15, 0.2) is 18.2 Å². The van der Waals surface area contributed by atoms with Crippen LogP contribution in [0.3, 0.4) is 0 Å². The predicted octanol–water partition coefficient (Wildman–Crippen LogP) is 0.238. The fourth-order valence-corrected chi connectivity index (χ4v) is 1.66. The number of hydrogen-bond donors (Lipinski definition) is 2. The Hall–Kier alpha value is -1.62. The minimum Gasteiger partial charge on any atom is -0.480 e. The maximum atomic E-state index is 12.9. The molecule has 1 amide bonds. The van der Waals surface area contributed by atoms with Crippen molar-refractivity contribution in [1.29, 1.82) is 0 Å². The van der Waals surface area contributed by atoms with Gasteiger partial charge in [-0.15, -0.1) is 0 Å². The van der Waals surface area contributed by atoms with Gasteiger partial charge in [-0.05, 0) is 18.2 Å². The molecule has 1 aliphatic heterocycles. The number of amides is 1. The summed E-state index contributed by atoms with van der Waals surface area (Å²) in [5.74, 6) is -0.0741. The molecule has 0 saturated heterocycles. The summed E-state index contributed by atoms with van der Waals surface area (Å²) in [4.78, 5) is 11.5. The number of nitrogens with one attached hydrogen (secondary N) is 1. The van der Waals surface area contributed by atoms with Crippen LogP contribution in [0.4, 0.5) is 4.39 Å². The Morgan fingerprint density at radius 3 is 3.19 bits per heavy atom. The largest absolute Gasteiger partial charge is 0.480 e. The third kappa shape index (κ3) is 2.14. The van der Waals surface area contributed by atoms with Crippen molar-refractivity contribution < 1.29 is 19.0 Å². The predicted molar refractivity (Wildman–Crippen MR) is 54.6 cm³/mol. The second-order valence-electron chi connectivity index (χ2n) is 3.58. The second-order valence-corrected chi connectivity index (χ2v) is 3.58. The molecule has 16 heavy (non-hydrogen) atoms. The normalized spacial score (nSPS) is 17.8. The van der Waals surface area contributed by atoms with Crippen LogP contribution in [-0.2, 0) is 11.2 Å². The van der Waals surface area contributed by atoms with Gasteiger partial charge in [-0.1, -0.05) is 0 Å². The fraction of sp³-hybridized carbons (Fsp3) is 0.364. The Bertz CT molecular complexity index is 408. The lowest BCUT2D eigenvalue weighted by Crippen LogP contribution is -2.38. The van der Waals surface area contributed by atoms with Gasteiger partial charge in [-0.25, -0.2) is 4.39 Å². The molecule has 2 N–H and O–H groups in total. The SMILES string of the molecule is O=C(NCCO)C1Cc2cc(F)ccc2O1. The first-order valence-corrected chi connectivity index (χ1v) is 5.04. The number of halogens is 1. The quantitative estimate of drug-likeness (QED) is 0.774. The summed E-state index contributed by atoms with van der Waals surface area (Å²) in [6, 6.07) is 4.19. The number of ether oxygens (including phenoxy) is 1. The molecule has 0 saturated carbocycles. The maximum absolute atomic E-state index is 12.9. The molecule has 1 aromatic carbocycles. The molecule has 5 heteroatoms. The molecule has 2 rings (SSSR count). The summed E-state index contributed by atoms with van der Waals surface area (Å²) in [6.07, 6.45) is -0.256. The standard InChI is InChI=1S/C11H12FNO3/c12-8-1-2-9-7(5-8)6-10(16-9)11(15)13-3-4-14/h1-2,5,10,14H,3-4,6H2,(H,13,15). The summed E-state index contributed by atoms with van der Waals surface area (Å²) in [7, 11) is 0. The number of aliphatic hydroxyl groups excluding tert-OH is 1. The third-order valence-electron chi connectivity index (χ3n) is 2.40. The topological polar surface area (TPSA) is 58.6 Å². The van der Waals surface area contributed by atoms with E-state index in [0.717, 1.165) is 0 Å². The fourth-order valence-electron chi connectivity index (χ4n) is 1.66. The van der Waals surface area contributed by atoms with E-state index in [9.17, 15) is 9.18 Å². The number of benzene rings is 1. The van der Waals surface area contributed by atoms with Crippen LogP contribution in [0.5, 0.6) is 5.75 Å². The third-order valence-corrected chi connectivity index (χ3v) is 2.40. The molecule has 1 aromatic rings. The van der Waals surface area contributed by atoms with Crippen LogP contribution in [0.1, 0.15) is 5.56 Å². The van der Waals surface area contributed by atoms with E-state index in [4.69, 9.17) is 9.84 Å². The summed E-state index contributed by atoms with van der Waals surface area (Å²) in [5.41, 5.74) is 0.698. The Morgan fingerprint density at radius 2 is 2.44 bits per heavy atom. The summed E-state index contributed by atoms with van der Waals surface area (Å²) in [5, 5.41) is 11.1. The highest BCUT2D eigenvalue weighted by Gasteiger charge is 2.28. The van der Waals surface area contributed by atoms with Crippen molar-refractivity contribution >= 4 is 5.91 Å². The van der Waals surface area contributed by atoms with Gasteiger partial charge in [-0.3, -0.25) is 4.79 Å². The van der Waals surface area contributed by atoms with Gasteiger partial charge in [0.05, 0.1) is 6.61 Å². The van der Waals surface area contributed by atoms with Crippen molar-refractivity contribution in [2.75, 3.05) is 13.2 Å². The van der Waals surface area contributed by atoms with Crippen molar-refractivity contribution in [2.45, 2.75) is 12.5 Å². The van der Waals surface area contributed by atoms with Crippen LogP contribution < -0.4 is 10.1 Å². The zero-order valence-electron chi connectivity index (χ0n) is 8.57. The first-order chi connectivity index (χ1) is 7.70. The molecule has 0 bridgehead atoms. The zero-order valence-corrected chi connectivity index (χ0v) is 8.57. The van der Waals surface area contributed by atoms with E-state index < -0.39 is 6.10 Å². The van der Waals surface area contributed by atoms with Gasteiger partial charge < -0.3 is 15.2 Å². The van der Waals surface area contributed by atoms with Gasteiger partial charge in [0, 0.05) is 18.5 Å². The Labute approximate surface area is 92.0 Å². The first kappa shape index (κ1) is 10.9. The minimum absolute atomic E-state index is 0.111. The average molecular weight is 225 g/mol. The van der Waals surface area contributed by atoms with E-state index in [2.05, 4.69) is 5.32 Å². The lowest BCUT2D eigenvalue weighted by atomic mass is 10.1. The monoisotopic (exact) mass is 225 g/mol. The van der Waals surface area contributed by atoms with E-state index in [0.29, 0.717) is 17.7 Å². The van der Waals surface area contributed by atoms with Crippen molar-refractivity contribution in [3.63, 3.8) is 0 Å². The maximum Gasteiger partial charge on any atom is 0.261 e. The first-order valence-electron chi connectivity index (χ1n) is 5.04. The minimum atomic E-state index is -0.622. The summed E-state index contributed by atoms with van der Waals surface area (Å²) in [6.45, 7) is 0.0867. The number of hydrogen-bond acceptors (Lipinski definition) is 3. The van der Waals surface area contributed by atoms with Gasteiger partial charge >= 0.3 is 0 Å². The van der Waals surface area contributed by atoms with Crippen LogP contribution in [-0.4, -0.2) is 30.3 Å². The van der Waals surface area contributed by atoms with Crippen LogP contribution in [0.2, 0.25) is 0 Å². The highest BCUT2D eigenvalue weighted by atomic mass is 19.1. The Morgan fingerprint density at radius 1 is 1.62 bits per heavy atom. The van der Waals surface area contributed by atoms with Gasteiger partial charge in [0.15, 0.2) is 6.10 Å². The molecular formula is C11H12FNO3. The molecule has 1 unspecified atom stereocenters. The summed E-state index contributed by atoms with van der Waals surface area (Å²) >= 11 is 0. The number of fused-ring (bicyclic) bond motifs is 1. The number of carbonyl (C=O) groups is 1. The van der Waals surface area contributed by atoms with E-state index >= 15 is 0 Å². The molecule has 1 aliphatic rings. The molecule has 1 atom stereocenters. The van der Waals surface area contributed by atoms with Crippen molar-refractivity contribution in [3.05, 3.63) is 29.6 Å². The van der Waals surface area contributed by atoms with Crippen molar-refractivity contribution in [2.24, 2.45) is 0 Å². The molecular weight excluding hydrogens is 213 g/mol. The molecule has 0 aliphatic carbocycles. The van der Waals surface area contributed by atoms with Crippen LogP contribution in [0.25, 0.3) is 0 Å². The molecule has 4 nitrogen and oxygen atoms in total. The van der Waals surface area contributed by atoms with Crippen LogP contribution in [0, 0.1) is 5.82 Å². The molecule has 1 heterocycles. The van der Waals surface area contributed by atoms with E-state index in [-0.39, 0.29) is 24.9 Å². The Kier molecular flexibility index (Phi) is 3.05. The zero-order chi connectivity index (χ0) is 11.5.